The van der Waals surface area contributed by atoms with Crippen LogP contribution in [-0.2, 0) is 27.3 Å². The van der Waals surface area contributed by atoms with Crippen LogP contribution in [0.3, 0.4) is 0 Å². The maximum Gasteiger partial charge on any atom is 0.407 e. The second-order valence-electron chi connectivity index (χ2n) is 11.0. The van der Waals surface area contributed by atoms with Gasteiger partial charge in [0.1, 0.15) is 12.6 Å². The zero-order valence-electron chi connectivity index (χ0n) is 23.9. The van der Waals surface area contributed by atoms with Crippen molar-refractivity contribution in [3.63, 3.8) is 0 Å². The molecule has 0 spiro atoms. The summed E-state index contributed by atoms with van der Waals surface area (Å²) in [7, 11) is 1.23. The molecule has 10 heteroatoms. The van der Waals surface area contributed by atoms with Gasteiger partial charge in [0.25, 0.3) is 0 Å². The third-order valence-corrected chi connectivity index (χ3v) is 8.49. The van der Waals surface area contributed by atoms with Crippen LogP contribution in [0.1, 0.15) is 43.2 Å². The third kappa shape index (κ3) is 8.92. The molecule has 9 nitrogen and oxygen atoms in total. The summed E-state index contributed by atoms with van der Waals surface area (Å²) in [6, 6.07) is 17.0. The lowest BCUT2D eigenvalue weighted by atomic mass is 9.79. The number of carbonyl (C=O) groups is 3. The highest BCUT2D eigenvalue weighted by Crippen LogP contribution is 2.34. The van der Waals surface area contributed by atoms with Crippen molar-refractivity contribution in [1.82, 2.24) is 25.8 Å². The van der Waals surface area contributed by atoms with E-state index in [0.717, 1.165) is 44.6 Å². The van der Waals surface area contributed by atoms with Crippen LogP contribution in [0.4, 0.5) is 4.79 Å². The van der Waals surface area contributed by atoms with Gasteiger partial charge in [0, 0.05) is 56.3 Å². The van der Waals surface area contributed by atoms with Crippen LogP contribution in [0, 0.1) is 0 Å². The Bertz CT molecular complexity index is 1130. The Morgan fingerprint density at radius 1 is 0.927 bits per heavy atom. The fourth-order valence-electron chi connectivity index (χ4n) is 6.00. The lowest BCUT2D eigenvalue weighted by molar-refractivity contribution is -0.139. The van der Waals surface area contributed by atoms with Crippen LogP contribution >= 0.6 is 11.6 Å². The average molecular weight is 584 g/mol. The number of hydrogen-bond donors (Lipinski definition) is 3. The Hall–Kier alpha value is -3.14. The standard InChI is InChI=1S/C31H42ClN5O4/c1-41-30(40)34-22-28(38)35-27(20-24-10-12-26(32)13-11-24)29(39)36-16-18-37(19-17-36)31(14-6-3-7-15-31)23-33-21-25-8-4-2-5-9-25/h2,4-5,8-13,27,33H,3,6-7,14-23H2,1H3,(H,34,40)(H,35,38). The van der Waals surface area contributed by atoms with E-state index in [1.165, 1.54) is 31.9 Å². The summed E-state index contributed by atoms with van der Waals surface area (Å²) in [5.74, 6) is -0.571. The fourth-order valence-corrected chi connectivity index (χ4v) is 6.12. The van der Waals surface area contributed by atoms with Gasteiger partial charge in [-0.15, -0.1) is 0 Å². The predicted octanol–water partition coefficient (Wildman–Crippen LogP) is 3.36. The maximum absolute atomic E-state index is 13.7. The smallest absolute Gasteiger partial charge is 0.407 e. The van der Waals surface area contributed by atoms with Gasteiger partial charge in [-0.2, -0.15) is 0 Å². The minimum Gasteiger partial charge on any atom is -0.453 e. The normalized spacial score (nSPS) is 17.9. The van der Waals surface area contributed by atoms with Crippen molar-refractivity contribution in [2.45, 2.75) is 56.7 Å². The van der Waals surface area contributed by atoms with Crippen molar-refractivity contribution in [2.24, 2.45) is 0 Å². The second kappa shape index (κ2) is 15.2. The van der Waals surface area contributed by atoms with E-state index in [2.05, 4.69) is 49.9 Å². The molecule has 2 aliphatic rings. The second-order valence-corrected chi connectivity index (χ2v) is 11.4. The summed E-state index contributed by atoms with van der Waals surface area (Å²) in [4.78, 5) is 42.2. The van der Waals surface area contributed by atoms with Gasteiger partial charge in [-0.3, -0.25) is 14.5 Å². The Balaban J connectivity index is 1.38. The highest BCUT2D eigenvalue weighted by Gasteiger charge is 2.40. The SMILES string of the molecule is COC(=O)NCC(=O)NC(Cc1ccc(Cl)cc1)C(=O)N1CCN(C2(CNCc3ccccc3)CCCCC2)CC1. The summed E-state index contributed by atoms with van der Waals surface area (Å²) in [5, 5.41) is 9.52. The van der Waals surface area contributed by atoms with Crippen molar-refractivity contribution >= 4 is 29.5 Å². The van der Waals surface area contributed by atoms with Crippen molar-refractivity contribution in [2.75, 3.05) is 46.4 Å². The van der Waals surface area contributed by atoms with Gasteiger partial charge in [-0.1, -0.05) is 73.3 Å². The molecular formula is C31H42ClN5O4. The van der Waals surface area contributed by atoms with E-state index in [-0.39, 0.29) is 18.0 Å². The molecule has 1 atom stereocenters. The number of amides is 3. The summed E-state index contributed by atoms with van der Waals surface area (Å²) in [5.41, 5.74) is 2.27. The molecule has 1 heterocycles. The van der Waals surface area contributed by atoms with Crippen LogP contribution < -0.4 is 16.0 Å². The first-order valence-electron chi connectivity index (χ1n) is 14.5. The van der Waals surface area contributed by atoms with Gasteiger partial charge < -0.3 is 25.6 Å². The highest BCUT2D eigenvalue weighted by molar-refractivity contribution is 6.30. The van der Waals surface area contributed by atoms with Crippen LogP contribution in [0.5, 0.6) is 0 Å². The molecular weight excluding hydrogens is 542 g/mol. The Morgan fingerprint density at radius 2 is 1.61 bits per heavy atom. The van der Waals surface area contributed by atoms with Gasteiger partial charge in [-0.25, -0.2) is 4.79 Å². The summed E-state index contributed by atoms with van der Waals surface area (Å²) >= 11 is 6.05. The van der Waals surface area contributed by atoms with Crippen LogP contribution in [0.15, 0.2) is 54.6 Å². The highest BCUT2D eigenvalue weighted by atomic mass is 35.5. The van der Waals surface area contributed by atoms with Gasteiger partial charge in [-0.05, 0) is 36.1 Å². The van der Waals surface area contributed by atoms with E-state index in [1.54, 1.807) is 12.1 Å². The van der Waals surface area contributed by atoms with Crippen molar-refractivity contribution < 1.29 is 19.1 Å². The molecule has 2 aromatic carbocycles. The van der Waals surface area contributed by atoms with E-state index in [0.29, 0.717) is 24.5 Å². The minimum absolute atomic E-state index is 0.0959. The van der Waals surface area contributed by atoms with E-state index in [9.17, 15) is 14.4 Å². The molecule has 2 fully saturated rings. The Labute approximate surface area is 247 Å². The summed E-state index contributed by atoms with van der Waals surface area (Å²) in [6.45, 7) is 4.30. The molecule has 0 bridgehead atoms. The molecule has 3 N–H and O–H groups in total. The molecule has 1 aliphatic carbocycles. The third-order valence-electron chi connectivity index (χ3n) is 8.24. The Morgan fingerprint density at radius 3 is 2.27 bits per heavy atom. The minimum atomic E-state index is -0.758. The molecule has 1 unspecified atom stereocenters. The zero-order valence-corrected chi connectivity index (χ0v) is 24.6. The lowest BCUT2D eigenvalue weighted by Gasteiger charge is -2.50. The summed E-state index contributed by atoms with van der Waals surface area (Å²) in [6.07, 6.45) is 5.66. The van der Waals surface area contributed by atoms with Gasteiger partial charge in [0.05, 0.1) is 7.11 Å². The number of nitrogens with one attached hydrogen (secondary N) is 3. The topological polar surface area (TPSA) is 103 Å². The number of methoxy groups -OCH3 is 1. The Kier molecular flexibility index (Phi) is 11.4. The lowest BCUT2D eigenvalue weighted by Crippen LogP contribution is -2.63. The number of carbonyl (C=O) groups excluding carboxylic acids is 3. The fraction of sp³-hybridized carbons (Fsp3) is 0.516. The molecule has 1 saturated carbocycles. The zero-order chi connectivity index (χ0) is 29.1. The monoisotopic (exact) mass is 583 g/mol. The maximum atomic E-state index is 13.7. The summed E-state index contributed by atoms with van der Waals surface area (Å²) < 4.78 is 4.54. The number of rotatable bonds is 11. The van der Waals surface area contributed by atoms with E-state index < -0.39 is 18.0 Å². The first-order valence-corrected chi connectivity index (χ1v) is 14.9. The van der Waals surface area contributed by atoms with Gasteiger partial charge in [0.15, 0.2) is 0 Å². The quantitative estimate of drug-likeness (QED) is 0.375. The first kappa shape index (κ1) is 30.8. The van der Waals surface area contributed by atoms with Crippen molar-refractivity contribution in [3.8, 4) is 0 Å². The van der Waals surface area contributed by atoms with Gasteiger partial charge in [0.2, 0.25) is 11.8 Å². The molecule has 4 rings (SSSR count). The van der Waals surface area contributed by atoms with Crippen molar-refractivity contribution in [3.05, 3.63) is 70.7 Å². The largest absolute Gasteiger partial charge is 0.453 e. The average Bonchev–Trinajstić information content (AvgIpc) is 3.01. The molecule has 0 aromatic heterocycles. The molecule has 2 aromatic rings. The number of hydrogen-bond acceptors (Lipinski definition) is 6. The predicted molar refractivity (Wildman–Crippen MR) is 160 cm³/mol. The van der Waals surface area contributed by atoms with Crippen LogP contribution in [0.25, 0.3) is 0 Å². The van der Waals surface area contributed by atoms with E-state index >= 15 is 0 Å². The number of benzene rings is 2. The van der Waals surface area contributed by atoms with Crippen LogP contribution in [0.2, 0.25) is 5.02 Å². The number of halogens is 1. The van der Waals surface area contributed by atoms with Crippen molar-refractivity contribution in [1.29, 1.82) is 0 Å². The molecule has 1 saturated heterocycles. The molecule has 0 radical (unpaired) electrons. The van der Waals surface area contributed by atoms with E-state index in [1.807, 2.05) is 23.1 Å². The van der Waals surface area contributed by atoms with E-state index in [4.69, 9.17) is 11.6 Å². The molecule has 1 aliphatic heterocycles. The number of alkyl carbamates (subject to hydrolysis) is 1. The first-order chi connectivity index (χ1) is 19.9. The van der Waals surface area contributed by atoms with Gasteiger partial charge >= 0.3 is 6.09 Å². The number of piperazine rings is 1. The molecule has 222 valence electrons. The van der Waals surface area contributed by atoms with Crippen LogP contribution in [-0.4, -0.2) is 85.7 Å². The number of nitrogens with zero attached hydrogens (tertiary/aromatic N) is 2. The molecule has 3 amide bonds. The number of ether oxygens (including phenoxy) is 1. The molecule has 41 heavy (non-hydrogen) atoms.